The van der Waals surface area contributed by atoms with E-state index >= 15 is 0 Å². The van der Waals surface area contributed by atoms with Crippen molar-refractivity contribution < 1.29 is 9.21 Å². The molecule has 5 rings (SSSR count). The van der Waals surface area contributed by atoms with E-state index in [1.54, 1.807) is 0 Å². The van der Waals surface area contributed by atoms with E-state index < -0.39 is 0 Å². The van der Waals surface area contributed by atoms with Crippen LogP contribution >= 0.6 is 11.8 Å². The highest BCUT2D eigenvalue weighted by molar-refractivity contribution is 7.99. The average molecular weight is 419 g/mol. The van der Waals surface area contributed by atoms with E-state index in [0.29, 0.717) is 23.9 Å². The van der Waals surface area contributed by atoms with Crippen molar-refractivity contribution in [1.29, 1.82) is 0 Å². The number of likely N-dealkylation sites (tertiary alicyclic amines) is 1. The molecule has 0 atom stereocenters. The topological polar surface area (TPSA) is 64.2 Å². The number of furan rings is 1. The Hall–Kier alpha value is -3.06. The molecule has 0 bridgehead atoms. The third-order valence-corrected chi connectivity index (χ3v) is 6.28. The lowest BCUT2D eigenvalue weighted by atomic mass is 10.2. The van der Waals surface area contributed by atoms with E-state index in [4.69, 9.17) is 4.42 Å². The van der Waals surface area contributed by atoms with Crippen LogP contribution in [0.25, 0.3) is 22.6 Å². The summed E-state index contributed by atoms with van der Waals surface area (Å²) in [4.78, 5) is 14.4. The summed E-state index contributed by atoms with van der Waals surface area (Å²) < 4.78 is 8.08. The molecule has 1 fully saturated rings. The zero-order chi connectivity index (χ0) is 20.3. The molecule has 1 aliphatic heterocycles. The van der Waals surface area contributed by atoms with Crippen molar-refractivity contribution in [3.8, 4) is 11.6 Å². The van der Waals surface area contributed by atoms with Crippen LogP contribution in [0.2, 0.25) is 0 Å². The van der Waals surface area contributed by atoms with Crippen molar-refractivity contribution in [2.75, 3.05) is 18.8 Å². The maximum absolute atomic E-state index is 12.5. The molecule has 1 aliphatic rings. The minimum Gasteiger partial charge on any atom is -0.453 e. The van der Waals surface area contributed by atoms with Gasteiger partial charge in [-0.2, -0.15) is 0 Å². The minimum absolute atomic E-state index is 0.164. The number of aromatic nitrogens is 3. The van der Waals surface area contributed by atoms with Crippen LogP contribution in [0.5, 0.6) is 0 Å². The molecule has 3 heterocycles. The summed E-state index contributed by atoms with van der Waals surface area (Å²) in [7, 11) is 0. The molecule has 2 aromatic carbocycles. The highest BCUT2D eigenvalue weighted by Crippen LogP contribution is 2.30. The smallest absolute Gasteiger partial charge is 0.233 e. The summed E-state index contributed by atoms with van der Waals surface area (Å²) in [6.45, 7) is 2.33. The summed E-state index contributed by atoms with van der Waals surface area (Å²) in [5, 5.41) is 10.6. The molecule has 30 heavy (non-hydrogen) atoms. The zero-order valence-corrected chi connectivity index (χ0v) is 17.3. The van der Waals surface area contributed by atoms with Gasteiger partial charge in [-0.15, -0.1) is 10.2 Å². The number of amides is 1. The van der Waals surface area contributed by atoms with Gasteiger partial charge in [0.2, 0.25) is 11.7 Å². The van der Waals surface area contributed by atoms with Gasteiger partial charge in [0.05, 0.1) is 12.3 Å². The maximum Gasteiger partial charge on any atom is 0.233 e. The van der Waals surface area contributed by atoms with Crippen LogP contribution in [0, 0.1) is 0 Å². The van der Waals surface area contributed by atoms with Gasteiger partial charge in [0.25, 0.3) is 0 Å². The number of carbonyl (C=O) groups excluding carboxylic acids is 1. The Labute approximate surface area is 178 Å². The van der Waals surface area contributed by atoms with Gasteiger partial charge >= 0.3 is 0 Å². The summed E-state index contributed by atoms with van der Waals surface area (Å²) in [6, 6.07) is 20.1. The molecule has 0 radical (unpaired) electrons. The highest BCUT2D eigenvalue weighted by Gasteiger charge is 2.22. The van der Waals surface area contributed by atoms with Crippen molar-refractivity contribution >= 4 is 28.6 Å². The number of rotatable bonds is 6. The van der Waals surface area contributed by atoms with Crippen molar-refractivity contribution in [2.45, 2.75) is 24.5 Å². The molecule has 152 valence electrons. The normalized spacial score (nSPS) is 13.9. The third kappa shape index (κ3) is 3.85. The Morgan fingerprint density at radius 1 is 1.00 bits per heavy atom. The van der Waals surface area contributed by atoms with Gasteiger partial charge in [-0.1, -0.05) is 60.3 Å². The molecule has 0 N–H and O–H groups in total. The first-order valence-electron chi connectivity index (χ1n) is 10.1. The first-order chi connectivity index (χ1) is 14.8. The highest BCUT2D eigenvalue weighted by atomic mass is 32.2. The largest absolute Gasteiger partial charge is 0.453 e. The van der Waals surface area contributed by atoms with E-state index in [9.17, 15) is 4.79 Å². The molecule has 0 aliphatic carbocycles. The number of thioether (sulfide) groups is 1. The van der Waals surface area contributed by atoms with Crippen LogP contribution < -0.4 is 0 Å². The fraction of sp³-hybridized carbons (Fsp3) is 0.261. The molecule has 4 aromatic rings. The first-order valence-corrected chi connectivity index (χ1v) is 11.1. The number of hydrogen-bond donors (Lipinski definition) is 0. The lowest BCUT2D eigenvalue weighted by Crippen LogP contribution is -2.29. The van der Waals surface area contributed by atoms with Crippen molar-refractivity contribution in [1.82, 2.24) is 19.7 Å². The van der Waals surface area contributed by atoms with E-state index in [2.05, 4.69) is 22.3 Å². The monoisotopic (exact) mass is 418 g/mol. The summed E-state index contributed by atoms with van der Waals surface area (Å²) in [5.41, 5.74) is 1.96. The molecular formula is C23H22N4O2S. The van der Waals surface area contributed by atoms with Crippen LogP contribution in [-0.2, 0) is 11.3 Å². The number of fused-ring (bicyclic) bond motifs is 1. The van der Waals surface area contributed by atoms with Crippen LogP contribution in [0.4, 0.5) is 0 Å². The van der Waals surface area contributed by atoms with Crippen LogP contribution in [0.1, 0.15) is 18.4 Å². The fourth-order valence-corrected chi connectivity index (χ4v) is 4.60. The molecule has 0 saturated carbocycles. The number of hydrogen-bond acceptors (Lipinski definition) is 5. The Morgan fingerprint density at radius 3 is 2.57 bits per heavy atom. The van der Waals surface area contributed by atoms with Gasteiger partial charge < -0.3 is 9.32 Å². The molecular weight excluding hydrogens is 396 g/mol. The summed E-state index contributed by atoms with van der Waals surface area (Å²) in [5.74, 6) is 1.88. The standard InChI is InChI=1S/C23H22N4O2S/c28-21(26-12-6-7-13-26)16-30-23-25-24-22(27(23)15-17-8-2-1-3-9-17)20-14-18-10-4-5-11-19(18)29-20/h1-5,8-11,14H,6-7,12-13,15-16H2. The molecule has 6 nitrogen and oxygen atoms in total. The third-order valence-electron chi connectivity index (χ3n) is 5.33. The lowest BCUT2D eigenvalue weighted by molar-refractivity contribution is -0.127. The second-order valence-electron chi connectivity index (χ2n) is 7.40. The molecule has 1 amide bonds. The van der Waals surface area contributed by atoms with Gasteiger partial charge in [-0.3, -0.25) is 9.36 Å². The minimum atomic E-state index is 0.164. The van der Waals surface area contributed by atoms with Gasteiger partial charge in [0.1, 0.15) is 5.58 Å². The van der Waals surface area contributed by atoms with Crippen LogP contribution in [0.3, 0.4) is 0 Å². The van der Waals surface area contributed by atoms with E-state index in [0.717, 1.165) is 47.6 Å². The fourth-order valence-electron chi connectivity index (χ4n) is 3.76. The predicted molar refractivity (Wildman–Crippen MR) is 117 cm³/mol. The van der Waals surface area contributed by atoms with Gasteiger partial charge in [0.15, 0.2) is 10.9 Å². The zero-order valence-electron chi connectivity index (χ0n) is 16.5. The van der Waals surface area contributed by atoms with E-state index in [1.165, 1.54) is 11.8 Å². The Balaban J connectivity index is 1.46. The second kappa shape index (κ2) is 8.36. The Bertz CT molecular complexity index is 1130. The predicted octanol–water partition coefficient (Wildman–Crippen LogP) is 4.45. The summed E-state index contributed by atoms with van der Waals surface area (Å²) in [6.07, 6.45) is 2.19. The average Bonchev–Trinajstić information content (AvgIpc) is 3.52. The van der Waals surface area contributed by atoms with Crippen LogP contribution in [-0.4, -0.2) is 44.4 Å². The molecule has 7 heteroatoms. The Morgan fingerprint density at radius 2 is 1.77 bits per heavy atom. The molecule has 1 saturated heterocycles. The van der Waals surface area contributed by atoms with Gasteiger partial charge in [-0.05, 0) is 30.5 Å². The van der Waals surface area contributed by atoms with E-state index in [1.807, 2.05) is 58.0 Å². The van der Waals surface area contributed by atoms with Crippen LogP contribution in [0.15, 0.2) is 70.2 Å². The number of carbonyl (C=O) groups is 1. The lowest BCUT2D eigenvalue weighted by Gasteiger charge is -2.15. The SMILES string of the molecule is O=C(CSc1nnc(-c2cc3ccccc3o2)n1Cc1ccccc1)N1CCCC1. The quantitative estimate of drug-likeness (QED) is 0.433. The second-order valence-corrected chi connectivity index (χ2v) is 8.35. The van der Waals surface area contributed by atoms with Crippen molar-refractivity contribution in [3.05, 3.63) is 66.2 Å². The summed E-state index contributed by atoms with van der Waals surface area (Å²) >= 11 is 1.44. The van der Waals surface area contributed by atoms with Crippen molar-refractivity contribution in [2.24, 2.45) is 0 Å². The number of benzene rings is 2. The molecule has 2 aromatic heterocycles. The van der Waals surface area contributed by atoms with Crippen molar-refractivity contribution in [3.63, 3.8) is 0 Å². The van der Waals surface area contributed by atoms with E-state index in [-0.39, 0.29) is 5.91 Å². The number of nitrogens with zero attached hydrogens (tertiary/aromatic N) is 4. The molecule has 0 spiro atoms. The van der Waals surface area contributed by atoms with Gasteiger partial charge in [0, 0.05) is 18.5 Å². The first kappa shape index (κ1) is 18.9. The maximum atomic E-state index is 12.5. The Kier molecular flexibility index (Phi) is 5.27. The number of para-hydroxylation sites is 1. The van der Waals surface area contributed by atoms with Gasteiger partial charge in [-0.25, -0.2) is 0 Å². The molecule has 0 unspecified atom stereocenters.